The van der Waals surface area contributed by atoms with Crippen molar-refractivity contribution in [3.63, 3.8) is 0 Å². The Bertz CT molecular complexity index is 1050. The SMILES string of the molecule is COc1ccccc1CN(CC1CCCO1)C(=O)Cc1csc(Cc2cccc(Cl)c2)n1. The van der Waals surface area contributed by atoms with Crippen molar-refractivity contribution in [2.24, 2.45) is 0 Å². The zero-order valence-corrected chi connectivity index (χ0v) is 19.7. The summed E-state index contributed by atoms with van der Waals surface area (Å²) in [5.74, 6) is 0.834. The topological polar surface area (TPSA) is 51.7 Å². The van der Waals surface area contributed by atoms with E-state index >= 15 is 0 Å². The Kier molecular flexibility index (Phi) is 7.79. The molecule has 32 heavy (non-hydrogen) atoms. The highest BCUT2D eigenvalue weighted by Gasteiger charge is 2.24. The van der Waals surface area contributed by atoms with Crippen LogP contribution in [0.5, 0.6) is 5.75 Å². The molecule has 4 rings (SSSR count). The predicted octanol–water partition coefficient (Wildman–Crippen LogP) is 5.15. The molecule has 2 aromatic carbocycles. The van der Waals surface area contributed by atoms with Gasteiger partial charge in [-0.25, -0.2) is 4.98 Å². The van der Waals surface area contributed by atoms with Crippen LogP contribution in [-0.2, 0) is 28.9 Å². The Balaban J connectivity index is 1.45. The van der Waals surface area contributed by atoms with Crippen LogP contribution in [0.25, 0.3) is 0 Å². The van der Waals surface area contributed by atoms with E-state index in [1.807, 2.05) is 58.8 Å². The molecule has 7 heteroatoms. The number of amides is 1. The lowest BCUT2D eigenvalue weighted by atomic mass is 10.1. The Hall–Kier alpha value is -2.41. The molecule has 0 bridgehead atoms. The summed E-state index contributed by atoms with van der Waals surface area (Å²) in [6.45, 7) is 1.83. The molecule has 1 aromatic heterocycles. The van der Waals surface area contributed by atoms with Gasteiger partial charge < -0.3 is 14.4 Å². The molecule has 5 nitrogen and oxygen atoms in total. The van der Waals surface area contributed by atoms with Crippen LogP contribution in [0, 0.1) is 0 Å². The molecule has 1 saturated heterocycles. The van der Waals surface area contributed by atoms with E-state index in [9.17, 15) is 4.79 Å². The van der Waals surface area contributed by atoms with E-state index < -0.39 is 0 Å². The fourth-order valence-electron chi connectivity index (χ4n) is 3.93. The second kappa shape index (κ2) is 10.9. The van der Waals surface area contributed by atoms with E-state index in [1.165, 1.54) is 0 Å². The molecule has 1 aliphatic rings. The molecule has 0 spiro atoms. The number of benzene rings is 2. The van der Waals surface area contributed by atoms with Crippen molar-refractivity contribution in [2.75, 3.05) is 20.3 Å². The van der Waals surface area contributed by atoms with E-state index in [-0.39, 0.29) is 18.4 Å². The van der Waals surface area contributed by atoms with Crippen molar-refractivity contribution >= 4 is 28.8 Å². The maximum Gasteiger partial charge on any atom is 0.229 e. The number of methoxy groups -OCH3 is 1. The highest BCUT2D eigenvalue weighted by atomic mass is 35.5. The number of carbonyl (C=O) groups is 1. The molecule has 1 atom stereocenters. The van der Waals surface area contributed by atoms with E-state index in [0.29, 0.717) is 19.5 Å². The number of rotatable bonds is 9. The van der Waals surface area contributed by atoms with Gasteiger partial charge in [-0.05, 0) is 36.6 Å². The number of hydrogen-bond acceptors (Lipinski definition) is 5. The molecular weight excluding hydrogens is 444 g/mol. The first-order valence-corrected chi connectivity index (χ1v) is 12.1. The minimum absolute atomic E-state index is 0.0472. The lowest BCUT2D eigenvalue weighted by molar-refractivity contribution is -0.132. The lowest BCUT2D eigenvalue weighted by Crippen LogP contribution is -2.38. The zero-order valence-electron chi connectivity index (χ0n) is 18.1. The molecule has 0 saturated carbocycles. The summed E-state index contributed by atoms with van der Waals surface area (Å²) in [4.78, 5) is 19.9. The minimum Gasteiger partial charge on any atom is -0.496 e. The van der Waals surface area contributed by atoms with Gasteiger partial charge in [0.1, 0.15) is 5.75 Å². The van der Waals surface area contributed by atoms with E-state index in [1.54, 1.807) is 18.4 Å². The molecule has 1 amide bonds. The van der Waals surface area contributed by atoms with Crippen molar-refractivity contribution in [1.82, 2.24) is 9.88 Å². The standard InChI is InChI=1S/C25H27ClN2O3S/c1-30-23-10-3-2-7-19(23)15-28(16-22-9-5-11-31-22)25(29)14-21-17-32-24(27-21)13-18-6-4-8-20(26)12-18/h2-4,6-8,10,12,17,22H,5,9,11,13-16H2,1H3. The van der Waals surface area contributed by atoms with E-state index in [0.717, 1.165) is 52.0 Å². The number of halogens is 1. The first kappa shape index (κ1) is 22.8. The van der Waals surface area contributed by atoms with Gasteiger partial charge in [0.15, 0.2) is 0 Å². The highest BCUT2D eigenvalue weighted by Crippen LogP contribution is 2.23. The van der Waals surface area contributed by atoms with Gasteiger partial charge in [-0.2, -0.15) is 0 Å². The number of thiazole rings is 1. The second-order valence-corrected chi connectivity index (χ2v) is 9.32. The quantitative estimate of drug-likeness (QED) is 0.434. The van der Waals surface area contributed by atoms with Crippen LogP contribution >= 0.6 is 22.9 Å². The molecule has 3 aromatic rings. The zero-order chi connectivity index (χ0) is 22.3. The van der Waals surface area contributed by atoms with Gasteiger partial charge in [-0.3, -0.25) is 4.79 Å². The Labute approximate surface area is 198 Å². The predicted molar refractivity (Wildman–Crippen MR) is 127 cm³/mol. The Morgan fingerprint density at radius 2 is 2.16 bits per heavy atom. The molecule has 2 heterocycles. The van der Waals surface area contributed by atoms with Gasteiger partial charge >= 0.3 is 0 Å². The number of para-hydroxylation sites is 1. The van der Waals surface area contributed by atoms with Gasteiger partial charge in [0, 0.05) is 42.1 Å². The summed E-state index contributed by atoms with van der Waals surface area (Å²) < 4.78 is 11.3. The summed E-state index contributed by atoms with van der Waals surface area (Å²) in [6, 6.07) is 15.6. The molecular formula is C25H27ClN2O3S. The molecule has 1 aliphatic heterocycles. The van der Waals surface area contributed by atoms with Crippen molar-refractivity contribution in [1.29, 1.82) is 0 Å². The third kappa shape index (κ3) is 6.09. The number of nitrogens with zero attached hydrogens (tertiary/aromatic N) is 2. The number of hydrogen-bond donors (Lipinski definition) is 0. The first-order valence-electron chi connectivity index (χ1n) is 10.8. The molecule has 0 radical (unpaired) electrons. The minimum atomic E-state index is 0.0472. The fourth-order valence-corrected chi connectivity index (χ4v) is 4.97. The Morgan fingerprint density at radius 3 is 2.94 bits per heavy atom. The molecule has 0 aliphatic carbocycles. The third-order valence-corrected chi connectivity index (χ3v) is 6.66. The average Bonchev–Trinajstić information content (AvgIpc) is 3.46. The molecule has 1 fully saturated rings. The van der Waals surface area contributed by atoms with Crippen LogP contribution in [0.2, 0.25) is 5.02 Å². The van der Waals surface area contributed by atoms with Crippen LogP contribution in [0.3, 0.4) is 0 Å². The number of aromatic nitrogens is 1. The monoisotopic (exact) mass is 470 g/mol. The van der Waals surface area contributed by atoms with Gasteiger partial charge in [0.05, 0.1) is 30.3 Å². The maximum atomic E-state index is 13.3. The van der Waals surface area contributed by atoms with E-state index in [4.69, 9.17) is 26.1 Å². The third-order valence-electron chi connectivity index (χ3n) is 5.53. The van der Waals surface area contributed by atoms with E-state index in [2.05, 4.69) is 0 Å². The van der Waals surface area contributed by atoms with Crippen molar-refractivity contribution in [3.05, 3.63) is 80.8 Å². The summed E-state index contributed by atoms with van der Waals surface area (Å²) >= 11 is 7.67. The number of ether oxygens (including phenoxy) is 2. The Morgan fingerprint density at radius 1 is 1.28 bits per heavy atom. The summed E-state index contributed by atoms with van der Waals surface area (Å²) in [5, 5.41) is 3.67. The maximum absolute atomic E-state index is 13.3. The normalized spacial score (nSPS) is 15.6. The van der Waals surface area contributed by atoms with Gasteiger partial charge in [0.25, 0.3) is 0 Å². The van der Waals surface area contributed by atoms with Crippen molar-refractivity contribution < 1.29 is 14.3 Å². The van der Waals surface area contributed by atoms with Crippen LogP contribution in [0.15, 0.2) is 53.9 Å². The lowest BCUT2D eigenvalue weighted by Gasteiger charge is -2.26. The average molecular weight is 471 g/mol. The largest absolute Gasteiger partial charge is 0.496 e. The van der Waals surface area contributed by atoms with Crippen LogP contribution in [-0.4, -0.2) is 42.2 Å². The molecule has 0 N–H and O–H groups in total. The van der Waals surface area contributed by atoms with Crippen LogP contribution in [0.4, 0.5) is 0 Å². The highest BCUT2D eigenvalue weighted by molar-refractivity contribution is 7.09. The van der Waals surface area contributed by atoms with Crippen LogP contribution < -0.4 is 4.74 Å². The molecule has 168 valence electrons. The van der Waals surface area contributed by atoms with Gasteiger partial charge in [-0.1, -0.05) is 41.9 Å². The smallest absolute Gasteiger partial charge is 0.229 e. The number of carbonyl (C=O) groups excluding carboxylic acids is 1. The summed E-state index contributed by atoms with van der Waals surface area (Å²) in [7, 11) is 1.65. The van der Waals surface area contributed by atoms with Gasteiger partial charge in [0.2, 0.25) is 5.91 Å². The van der Waals surface area contributed by atoms with Gasteiger partial charge in [-0.15, -0.1) is 11.3 Å². The summed E-state index contributed by atoms with van der Waals surface area (Å²) in [5.41, 5.74) is 2.90. The van der Waals surface area contributed by atoms with Crippen molar-refractivity contribution in [3.8, 4) is 5.75 Å². The first-order chi connectivity index (χ1) is 15.6. The summed E-state index contributed by atoms with van der Waals surface area (Å²) in [6.07, 6.45) is 3.09. The van der Waals surface area contributed by atoms with Crippen molar-refractivity contribution in [2.45, 2.75) is 38.3 Å². The van der Waals surface area contributed by atoms with Crippen LogP contribution in [0.1, 0.15) is 34.7 Å². The second-order valence-electron chi connectivity index (χ2n) is 7.94. The molecule has 1 unspecified atom stereocenters. The fraction of sp³-hybridized carbons (Fsp3) is 0.360.